The van der Waals surface area contributed by atoms with Gasteiger partial charge in [0.1, 0.15) is 11.7 Å². The lowest BCUT2D eigenvalue weighted by atomic mass is 10.0. The third-order valence-corrected chi connectivity index (χ3v) is 3.49. The number of hydrogen-bond donors (Lipinski definition) is 0. The molecule has 1 aliphatic heterocycles. The number of rotatable bonds is 3. The average molecular weight is 292 g/mol. The van der Waals surface area contributed by atoms with Gasteiger partial charge < -0.3 is 0 Å². The Hall–Kier alpha value is -3.20. The first kappa shape index (κ1) is 13.8. The van der Waals surface area contributed by atoms with E-state index in [-0.39, 0.29) is 5.69 Å². The molecule has 0 bridgehead atoms. The molecule has 0 spiro atoms. The van der Waals surface area contributed by atoms with Crippen LogP contribution in [0.4, 0.5) is 11.4 Å². The van der Waals surface area contributed by atoms with Crippen LogP contribution < -0.4 is 5.01 Å². The van der Waals surface area contributed by atoms with E-state index in [1.807, 2.05) is 30.3 Å². The Morgan fingerprint density at radius 2 is 1.86 bits per heavy atom. The molecular formula is C16H12N4O2. The van der Waals surface area contributed by atoms with Crippen molar-refractivity contribution in [2.75, 3.05) is 5.01 Å². The lowest BCUT2D eigenvalue weighted by molar-refractivity contribution is -0.384. The number of hydrazone groups is 1. The number of nitro groups is 1. The van der Waals surface area contributed by atoms with Crippen molar-refractivity contribution in [2.24, 2.45) is 5.10 Å². The zero-order valence-corrected chi connectivity index (χ0v) is 11.6. The lowest BCUT2D eigenvalue weighted by Gasteiger charge is -2.17. The van der Waals surface area contributed by atoms with Gasteiger partial charge in [0, 0.05) is 12.5 Å². The first-order chi connectivity index (χ1) is 10.7. The fraction of sp³-hybridized carbons (Fsp3) is 0.125. The first-order valence-electron chi connectivity index (χ1n) is 6.76. The minimum atomic E-state index is -0.545. The van der Waals surface area contributed by atoms with Crippen LogP contribution in [0.5, 0.6) is 0 Å². The van der Waals surface area contributed by atoms with Gasteiger partial charge in [0.2, 0.25) is 0 Å². The minimum Gasteiger partial charge on any atom is -0.258 e. The Morgan fingerprint density at radius 3 is 2.55 bits per heavy atom. The Kier molecular flexibility index (Phi) is 3.54. The summed E-state index contributed by atoms with van der Waals surface area (Å²) in [5.74, 6) is 0. The Balaban J connectivity index is 2.04. The predicted molar refractivity (Wildman–Crippen MR) is 82.6 cm³/mol. The maximum Gasteiger partial charge on any atom is 0.294 e. The topological polar surface area (TPSA) is 82.5 Å². The molecule has 0 aromatic heterocycles. The van der Waals surface area contributed by atoms with E-state index < -0.39 is 11.0 Å². The Bertz CT molecular complexity index is 780. The smallest absolute Gasteiger partial charge is 0.258 e. The standard InChI is InChI=1S/C16H12N4O2/c17-11-13-10-14(12-6-2-1-3-7-12)18-19(13)15-8-4-5-9-16(15)20(21)22/h1-9,13H,10H2/t13-/m0/s1. The van der Waals surface area contributed by atoms with Gasteiger partial charge in [0.05, 0.1) is 16.7 Å². The van der Waals surface area contributed by atoms with E-state index in [0.29, 0.717) is 12.1 Å². The van der Waals surface area contributed by atoms with Gasteiger partial charge in [-0.25, -0.2) is 5.01 Å². The van der Waals surface area contributed by atoms with Crippen LogP contribution in [0.3, 0.4) is 0 Å². The molecule has 3 rings (SSSR count). The Morgan fingerprint density at radius 1 is 1.18 bits per heavy atom. The second-order valence-electron chi connectivity index (χ2n) is 4.85. The third-order valence-electron chi connectivity index (χ3n) is 3.49. The molecule has 1 aliphatic rings. The van der Waals surface area contributed by atoms with Crippen molar-refractivity contribution in [3.05, 3.63) is 70.3 Å². The second-order valence-corrected chi connectivity index (χ2v) is 4.85. The summed E-state index contributed by atoms with van der Waals surface area (Å²) >= 11 is 0. The normalized spacial score (nSPS) is 17.0. The molecular weight excluding hydrogens is 280 g/mol. The van der Waals surface area contributed by atoms with E-state index in [2.05, 4.69) is 11.2 Å². The van der Waals surface area contributed by atoms with Crippen LogP contribution in [0.2, 0.25) is 0 Å². The number of para-hydroxylation sites is 2. The number of anilines is 1. The highest BCUT2D eigenvalue weighted by atomic mass is 16.6. The van der Waals surface area contributed by atoms with Gasteiger partial charge >= 0.3 is 0 Å². The lowest BCUT2D eigenvalue weighted by Crippen LogP contribution is -2.25. The van der Waals surface area contributed by atoms with Gasteiger partial charge in [-0.2, -0.15) is 10.4 Å². The molecule has 0 saturated carbocycles. The van der Waals surface area contributed by atoms with Crippen molar-refractivity contribution in [1.82, 2.24) is 0 Å². The molecule has 0 amide bonds. The SMILES string of the molecule is N#C[C@@H]1CC(c2ccccc2)=NN1c1ccccc1[N+](=O)[O-]. The minimum absolute atomic E-state index is 0.0548. The number of nitriles is 1. The highest BCUT2D eigenvalue weighted by Gasteiger charge is 2.32. The zero-order valence-electron chi connectivity index (χ0n) is 11.6. The maximum atomic E-state index is 11.2. The summed E-state index contributed by atoms with van der Waals surface area (Å²) in [6, 6.07) is 17.5. The van der Waals surface area contributed by atoms with E-state index in [9.17, 15) is 15.4 Å². The van der Waals surface area contributed by atoms with Gasteiger partial charge in [-0.1, -0.05) is 42.5 Å². The quantitative estimate of drug-likeness (QED) is 0.643. The van der Waals surface area contributed by atoms with Crippen molar-refractivity contribution in [2.45, 2.75) is 12.5 Å². The van der Waals surface area contributed by atoms with Crippen LogP contribution >= 0.6 is 0 Å². The van der Waals surface area contributed by atoms with Crippen molar-refractivity contribution in [3.8, 4) is 6.07 Å². The summed E-state index contributed by atoms with van der Waals surface area (Å²) in [5.41, 5.74) is 1.96. The zero-order chi connectivity index (χ0) is 15.5. The van der Waals surface area contributed by atoms with Gasteiger partial charge in [-0.05, 0) is 11.6 Å². The first-order valence-corrected chi connectivity index (χ1v) is 6.76. The molecule has 1 atom stereocenters. The number of benzene rings is 2. The molecule has 6 nitrogen and oxygen atoms in total. The summed E-state index contributed by atoms with van der Waals surface area (Å²) in [6.45, 7) is 0. The van der Waals surface area contributed by atoms with E-state index in [4.69, 9.17) is 0 Å². The van der Waals surface area contributed by atoms with Gasteiger partial charge in [-0.15, -0.1) is 0 Å². The molecule has 0 unspecified atom stereocenters. The van der Waals surface area contributed by atoms with Crippen LogP contribution in [0.15, 0.2) is 59.7 Å². The molecule has 0 radical (unpaired) electrons. The largest absolute Gasteiger partial charge is 0.294 e. The number of nitrogens with zero attached hydrogens (tertiary/aromatic N) is 4. The third kappa shape index (κ3) is 2.40. The van der Waals surface area contributed by atoms with Crippen LogP contribution in [0.1, 0.15) is 12.0 Å². The molecule has 1 heterocycles. The molecule has 2 aromatic carbocycles. The highest BCUT2D eigenvalue weighted by Crippen LogP contribution is 2.33. The molecule has 2 aromatic rings. The fourth-order valence-electron chi connectivity index (χ4n) is 2.45. The predicted octanol–water partition coefficient (Wildman–Crippen LogP) is 3.10. The van der Waals surface area contributed by atoms with Gasteiger partial charge in [-0.3, -0.25) is 10.1 Å². The average Bonchev–Trinajstić information content (AvgIpc) is 3.00. The van der Waals surface area contributed by atoms with Crippen LogP contribution in [0, 0.1) is 21.4 Å². The van der Waals surface area contributed by atoms with Crippen LogP contribution in [0.25, 0.3) is 0 Å². The van der Waals surface area contributed by atoms with E-state index in [1.165, 1.54) is 11.1 Å². The monoisotopic (exact) mass is 292 g/mol. The summed E-state index contributed by atoms with van der Waals surface area (Å²) in [6.07, 6.45) is 0.437. The highest BCUT2D eigenvalue weighted by molar-refractivity contribution is 6.03. The summed E-state index contributed by atoms with van der Waals surface area (Å²) in [7, 11) is 0. The van der Waals surface area contributed by atoms with Gasteiger partial charge in [0.15, 0.2) is 0 Å². The van der Waals surface area contributed by atoms with Crippen LogP contribution in [-0.2, 0) is 0 Å². The van der Waals surface area contributed by atoms with Crippen LogP contribution in [-0.4, -0.2) is 16.7 Å². The molecule has 108 valence electrons. The van der Waals surface area contributed by atoms with Gasteiger partial charge in [0.25, 0.3) is 5.69 Å². The second kappa shape index (κ2) is 5.66. The molecule has 22 heavy (non-hydrogen) atoms. The summed E-state index contributed by atoms with van der Waals surface area (Å²) < 4.78 is 0. The molecule has 0 N–H and O–H groups in total. The molecule has 0 aliphatic carbocycles. The molecule has 6 heteroatoms. The van der Waals surface area contributed by atoms with E-state index >= 15 is 0 Å². The van der Waals surface area contributed by atoms with Crippen molar-refractivity contribution >= 4 is 17.1 Å². The fourth-order valence-corrected chi connectivity index (χ4v) is 2.45. The Labute approximate surface area is 127 Å². The number of nitro benzene ring substituents is 1. The maximum absolute atomic E-state index is 11.2. The number of hydrogen-bond acceptors (Lipinski definition) is 5. The van der Waals surface area contributed by atoms with E-state index in [1.54, 1.807) is 18.2 Å². The van der Waals surface area contributed by atoms with Crippen molar-refractivity contribution in [3.63, 3.8) is 0 Å². The van der Waals surface area contributed by atoms with Crippen molar-refractivity contribution < 1.29 is 4.92 Å². The summed E-state index contributed by atoms with van der Waals surface area (Å²) in [5, 5.41) is 26.4. The van der Waals surface area contributed by atoms with Crippen molar-refractivity contribution in [1.29, 1.82) is 5.26 Å². The molecule has 0 saturated heterocycles. The summed E-state index contributed by atoms with van der Waals surface area (Å²) in [4.78, 5) is 10.7. The molecule has 0 fully saturated rings. The van der Waals surface area contributed by atoms with E-state index in [0.717, 1.165) is 11.3 Å².